The Balaban J connectivity index is 2.03. The number of halogens is 1. The average molecular weight is 242 g/mol. The van der Waals surface area contributed by atoms with Gasteiger partial charge in [-0.15, -0.1) is 0 Å². The van der Waals surface area contributed by atoms with Crippen molar-refractivity contribution in [1.82, 2.24) is 0 Å². The fraction of sp³-hybridized carbons (Fsp3) is 0.500. The largest absolute Gasteiger partial charge is 0.394 e. The van der Waals surface area contributed by atoms with Crippen LogP contribution in [0.25, 0.3) is 0 Å². The van der Waals surface area contributed by atoms with Gasteiger partial charge in [0, 0.05) is 12.5 Å². The second-order valence-corrected chi connectivity index (χ2v) is 4.44. The predicted molar refractivity (Wildman–Crippen MR) is 64.9 cm³/mol. The van der Waals surface area contributed by atoms with Gasteiger partial charge in [-0.1, -0.05) is 23.7 Å². The molecule has 1 heterocycles. The van der Waals surface area contributed by atoms with E-state index in [4.69, 9.17) is 16.3 Å². The fourth-order valence-electron chi connectivity index (χ4n) is 1.96. The van der Waals surface area contributed by atoms with Gasteiger partial charge in [0.25, 0.3) is 0 Å². The lowest BCUT2D eigenvalue weighted by Crippen LogP contribution is -2.33. The highest BCUT2D eigenvalue weighted by Gasteiger charge is 2.25. The lowest BCUT2D eigenvalue weighted by atomic mass is 9.99. The molecule has 4 heteroatoms. The quantitative estimate of drug-likeness (QED) is 0.849. The number of aliphatic hydroxyl groups is 1. The van der Waals surface area contributed by atoms with Crippen molar-refractivity contribution in [2.45, 2.75) is 12.5 Å². The number of hydrogen-bond acceptors (Lipinski definition) is 3. The summed E-state index contributed by atoms with van der Waals surface area (Å²) in [6.07, 6.45) is 0.989. The lowest BCUT2D eigenvalue weighted by molar-refractivity contribution is 0.170. The lowest BCUT2D eigenvalue weighted by Gasteiger charge is -2.23. The first kappa shape index (κ1) is 11.7. The van der Waals surface area contributed by atoms with Gasteiger partial charge in [0.05, 0.1) is 30.0 Å². The van der Waals surface area contributed by atoms with Gasteiger partial charge >= 0.3 is 0 Å². The first-order valence-electron chi connectivity index (χ1n) is 5.51. The zero-order chi connectivity index (χ0) is 11.4. The number of aliphatic hydroxyl groups excluding tert-OH is 1. The van der Waals surface area contributed by atoms with Gasteiger partial charge in [-0.2, -0.15) is 0 Å². The molecule has 88 valence electrons. The van der Waals surface area contributed by atoms with Crippen molar-refractivity contribution >= 4 is 17.3 Å². The Morgan fingerprint density at radius 1 is 1.50 bits per heavy atom. The highest BCUT2D eigenvalue weighted by atomic mass is 35.5. The Labute approximate surface area is 100 Å². The van der Waals surface area contributed by atoms with Crippen LogP contribution in [0, 0.1) is 5.92 Å². The average Bonchev–Trinajstić information content (AvgIpc) is 2.81. The van der Waals surface area contributed by atoms with Crippen LogP contribution in [0.4, 0.5) is 5.69 Å². The van der Waals surface area contributed by atoms with E-state index in [-0.39, 0.29) is 12.6 Å². The highest BCUT2D eigenvalue weighted by Crippen LogP contribution is 2.25. The number of hydrogen-bond donors (Lipinski definition) is 2. The summed E-state index contributed by atoms with van der Waals surface area (Å²) in [7, 11) is 0. The molecule has 2 unspecified atom stereocenters. The maximum absolute atomic E-state index is 9.38. The number of nitrogens with one attached hydrogen (secondary N) is 1. The van der Waals surface area contributed by atoms with Crippen LogP contribution in [0.5, 0.6) is 0 Å². The zero-order valence-corrected chi connectivity index (χ0v) is 9.78. The van der Waals surface area contributed by atoms with Crippen LogP contribution in [-0.4, -0.2) is 31.0 Å². The van der Waals surface area contributed by atoms with Crippen LogP contribution in [-0.2, 0) is 4.74 Å². The minimum Gasteiger partial charge on any atom is -0.394 e. The molecular formula is C12H16ClNO2. The Morgan fingerprint density at radius 3 is 2.94 bits per heavy atom. The Kier molecular flexibility index (Phi) is 4.04. The van der Waals surface area contributed by atoms with Crippen LogP contribution in [0.3, 0.4) is 0 Å². The van der Waals surface area contributed by atoms with Crippen molar-refractivity contribution in [3.8, 4) is 0 Å². The van der Waals surface area contributed by atoms with Crippen molar-refractivity contribution in [2.24, 2.45) is 5.92 Å². The summed E-state index contributed by atoms with van der Waals surface area (Å²) in [5.41, 5.74) is 0.870. The van der Waals surface area contributed by atoms with E-state index in [0.29, 0.717) is 17.5 Å². The smallest absolute Gasteiger partial charge is 0.0637 e. The molecule has 1 aromatic rings. The third kappa shape index (κ3) is 2.67. The summed E-state index contributed by atoms with van der Waals surface area (Å²) in [6.45, 7) is 1.59. The standard InChI is InChI=1S/C12H16ClNO2/c13-10-3-1-2-4-11(10)14-12(7-15)9-5-6-16-8-9/h1-4,9,12,14-15H,5-8H2. The molecule has 0 amide bonds. The van der Waals surface area contributed by atoms with E-state index in [2.05, 4.69) is 5.32 Å². The van der Waals surface area contributed by atoms with Crippen LogP contribution >= 0.6 is 11.6 Å². The molecule has 1 aliphatic rings. The Morgan fingerprint density at radius 2 is 2.31 bits per heavy atom. The molecule has 0 radical (unpaired) electrons. The van der Waals surface area contributed by atoms with Crippen molar-refractivity contribution in [3.05, 3.63) is 29.3 Å². The Hall–Kier alpha value is -0.770. The van der Waals surface area contributed by atoms with E-state index in [1.54, 1.807) is 0 Å². The predicted octanol–water partition coefficient (Wildman–Crippen LogP) is 2.15. The molecule has 0 bridgehead atoms. The zero-order valence-electron chi connectivity index (χ0n) is 9.03. The van der Waals surface area contributed by atoms with Crippen molar-refractivity contribution < 1.29 is 9.84 Å². The maximum atomic E-state index is 9.38. The highest BCUT2D eigenvalue weighted by molar-refractivity contribution is 6.33. The van der Waals surface area contributed by atoms with Crippen molar-refractivity contribution in [3.63, 3.8) is 0 Å². The molecule has 0 saturated carbocycles. The van der Waals surface area contributed by atoms with Crippen LogP contribution in [0.2, 0.25) is 5.02 Å². The van der Waals surface area contributed by atoms with E-state index in [0.717, 1.165) is 18.7 Å². The van der Waals surface area contributed by atoms with Crippen LogP contribution < -0.4 is 5.32 Å². The first-order chi connectivity index (χ1) is 7.81. The number of rotatable bonds is 4. The fourth-order valence-corrected chi connectivity index (χ4v) is 2.15. The molecule has 2 N–H and O–H groups in total. The molecule has 16 heavy (non-hydrogen) atoms. The van der Waals surface area contributed by atoms with E-state index < -0.39 is 0 Å². The van der Waals surface area contributed by atoms with E-state index >= 15 is 0 Å². The molecule has 1 aromatic carbocycles. The van der Waals surface area contributed by atoms with E-state index in [1.807, 2.05) is 24.3 Å². The van der Waals surface area contributed by atoms with Gasteiger partial charge < -0.3 is 15.2 Å². The second kappa shape index (κ2) is 5.53. The molecule has 1 aliphatic heterocycles. The molecule has 0 aliphatic carbocycles. The number of benzene rings is 1. The monoisotopic (exact) mass is 241 g/mol. The summed E-state index contributed by atoms with van der Waals surface area (Å²) >= 11 is 6.06. The van der Waals surface area contributed by atoms with Crippen molar-refractivity contribution in [2.75, 3.05) is 25.1 Å². The van der Waals surface area contributed by atoms with E-state index in [9.17, 15) is 5.11 Å². The molecule has 2 atom stereocenters. The molecule has 1 saturated heterocycles. The van der Waals surface area contributed by atoms with E-state index in [1.165, 1.54) is 0 Å². The number of anilines is 1. The van der Waals surface area contributed by atoms with Gasteiger partial charge in [0.1, 0.15) is 0 Å². The van der Waals surface area contributed by atoms with Crippen molar-refractivity contribution in [1.29, 1.82) is 0 Å². The molecule has 2 rings (SSSR count). The van der Waals surface area contributed by atoms with Gasteiger partial charge in [-0.3, -0.25) is 0 Å². The molecule has 0 aromatic heterocycles. The summed E-state index contributed by atoms with van der Waals surface area (Å²) in [4.78, 5) is 0. The minimum atomic E-state index is 0.0161. The van der Waals surface area contributed by atoms with Crippen LogP contribution in [0.15, 0.2) is 24.3 Å². The summed E-state index contributed by atoms with van der Waals surface area (Å²) in [6, 6.07) is 7.58. The minimum absolute atomic E-state index is 0.0161. The van der Waals surface area contributed by atoms with Gasteiger partial charge in [0.2, 0.25) is 0 Å². The summed E-state index contributed by atoms with van der Waals surface area (Å²) in [5.74, 6) is 0.362. The summed E-state index contributed by atoms with van der Waals surface area (Å²) < 4.78 is 5.32. The number of para-hydroxylation sites is 1. The maximum Gasteiger partial charge on any atom is 0.0637 e. The molecule has 3 nitrogen and oxygen atoms in total. The first-order valence-corrected chi connectivity index (χ1v) is 5.88. The van der Waals surface area contributed by atoms with Gasteiger partial charge in [0.15, 0.2) is 0 Å². The molecular weight excluding hydrogens is 226 g/mol. The van der Waals surface area contributed by atoms with Gasteiger partial charge in [-0.25, -0.2) is 0 Å². The Bertz CT molecular complexity index is 340. The second-order valence-electron chi connectivity index (χ2n) is 4.04. The third-order valence-corrected chi connectivity index (χ3v) is 3.27. The SMILES string of the molecule is OCC(Nc1ccccc1Cl)C1CCOC1. The normalized spacial score (nSPS) is 22.0. The van der Waals surface area contributed by atoms with Crippen LogP contribution in [0.1, 0.15) is 6.42 Å². The van der Waals surface area contributed by atoms with Gasteiger partial charge in [-0.05, 0) is 18.6 Å². The summed E-state index contributed by atoms with van der Waals surface area (Å²) in [5, 5.41) is 13.3. The topological polar surface area (TPSA) is 41.5 Å². The molecule has 0 spiro atoms. The third-order valence-electron chi connectivity index (χ3n) is 2.95. The molecule has 1 fully saturated rings. The number of ether oxygens (including phenoxy) is 1.